The number of aromatic nitrogens is 2. The zero-order valence-corrected chi connectivity index (χ0v) is 13.0. The number of nitrogens with zero attached hydrogens (tertiary/aromatic N) is 3. The summed E-state index contributed by atoms with van der Waals surface area (Å²) < 4.78 is 29.5. The first-order valence-electron chi connectivity index (χ1n) is 6.33. The van der Waals surface area contributed by atoms with Crippen LogP contribution in [0.1, 0.15) is 25.6 Å². The topological polar surface area (TPSA) is 76.3 Å². The van der Waals surface area contributed by atoms with Crippen LogP contribution < -0.4 is 5.32 Å². The molecule has 0 aliphatic carbocycles. The van der Waals surface area contributed by atoms with E-state index >= 15 is 0 Å². The first kappa shape index (κ1) is 14.1. The normalized spacial score (nSPS) is 16.3. The van der Waals surface area contributed by atoms with Crippen LogP contribution in [0.4, 0.5) is 5.69 Å². The lowest BCUT2D eigenvalue weighted by Crippen LogP contribution is -2.17. The predicted molar refractivity (Wildman–Crippen MR) is 81.7 cm³/mol. The monoisotopic (exact) mass is 324 g/mol. The molecule has 8 heteroatoms. The zero-order chi connectivity index (χ0) is 15.2. The van der Waals surface area contributed by atoms with Gasteiger partial charge in [-0.15, -0.1) is 4.40 Å². The SMILES string of the molecule is CC(C)c1nccn1-c1ccc2c(c1)S(=O)(=O)N=C(Cl)N2. The Kier molecular flexibility index (Phi) is 3.26. The van der Waals surface area contributed by atoms with Crippen molar-refractivity contribution in [2.45, 2.75) is 24.7 Å². The Balaban J connectivity index is 2.16. The Morgan fingerprint density at radius 3 is 2.81 bits per heavy atom. The van der Waals surface area contributed by atoms with Gasteiger partial charge in [0.15, 0.2) is 0 Å². The second kappa shape index (κ2) is 4.85. The van der Waals surface area contributed by atoms with E-state index in [0.717, 1.165) is 5.82 Å². The number of anilines is 1. The zero-order valence-electron chi connectivity index (χ0n) is 11.4. The second-order valence-corrected chi connectivity index (χ2v) is 6.90. The van der Waals surface area contributed by atoms with E-state index in [0.29, 0.717) is 11.4 Å². The number of hydrogen-bond acceptors (Lipinski definition) is 4. The van der Waals surface area contributed by atoms with E-state index < -0.39 is 10.0 Å². The number of hydrogen-bond donors (Lipinski definition) is 1. The first-order chi connectivity index (χ1) is 9.88. The fraction of sp³-hybridized carbons (Fsp3) is 0.231. The molecule has 0 saturated carbocycles. The van der Waals surface area contributed by atoms with Crippen molar-refractivity contribution in [1.82, 2.24) is 9.55 Å². The molecule has 1 aromatic carbocycles. The number of nitrogens with one attached hydrogen (secondary N) is 1. The van der Waals surface area contributed by atoms with Gasteiger partial charge in [-0.1, -0.05) is 13.8 Å². The van der Waals surface area contributed by atoms with E-state index in [4.69, 9.17) is 11.6 Å². The smallest absolute Gasteiger partial charge is 0.287 e. The highest BCUT2D eigenvalue weighted by molar-refractivity contribution is 7.90. The van der Waals surface area contributed by atoms with Gasteiger partial charge in [0.2, 0.25) is 5.29 Å². The third-order valence-electron chi connectivity index (χ3n) is 3.15. The molecule has 0 bridgehead atoms. The fourth-order valence-corrected chi connectivity index (χ4v) is 3.62. The van der Waals surface area contributed by atoms with Crippen LogP contribution in [-0.4, -0.2) is 23.3 Å². The van der Waals surface area contributed by atoms with E-state index in [1.54, 1.807) is 24.5 Å². The Morgan fingerprint density at radius 2 is 2.10 bits per heavy atom. The number of amidine groups is 1. The highest BCUT2D eigenvalue weighted by Crippen LogP contribution is 2.30. The lowest BCUT2D eigenvalue weighted by atomic mass is 10.2. The number of imidazole rings is 1. The number of benzene rings is 1. The fourth-order valence-electron chi connectivity index (χ4n) is 2.23. The largest absolute Gasteiger partial charge is 0.329 e. The summed E-state index contributed by atoms with van der Waals surface area (Å²) in [6.45, 7) is 4.05. The Labute approximate surface area is 127 Å². The highest BCUT2D eigenvalue weighted by atomic mass is 35.5. The third-order valence-corrected chi connectivity index (χ3v) is 4.74. The molecule has 6 nitrogen and oxygen atoms in total. The first-order valence-corrected chi connectivity index (χ1v) is 8.15. The van der Waals surface area contributed by atoms with E-state index in [9.17, 15) is 8.42 Å². The number of fused-ring (bicyclic) bond motifs is 1. The molecule has 21 heavy (non-hydrogen) atoms. The molecule has 1 aromatic heterocycles. The summed E-state index contributed by atoms with van der Waals surface area (Å²) in [5, 5.41) is 2.58. The molecule has 110 valence electrons. The van der Waals surface area contributed by atoms with Gasteiger partial charge in [0, 0.05) is 24.0 Å². The average molecular weight is 325 g/mol. The van der Waals surface area contributed by atoms with Crippen molar-refractivity contribution in [2.75, 3.05) is 5.32 Å². The van der Waals surface area contributed by atoms with Gasteiger partial charge in [0.1, 0.15) is 10.7 Å². The molecule has 0 amide bonds. The van der Waals surface area contributed by atoms with Gasteiger partial charge in [-0.25, -0.2) is 4.98 Å². The molecule has 0 unspecified atom stereocenters. The van der Waals surface area contributed by atoms with Gasteiger partial charge in [0.25, 0.3) is 10.0 Å². The summed E-state index contributed by atoms with van der Waals surface area (Å²) in [6, 6.07) is 5.05. The molecule has 0 saturated heterocycles. The van der Waals surface area contributed by atoms with Gasteiger partial charge >= 0.3 is 0 Å². The van der Waals surface area contributed by atoms with Gasteiger partial charge < -0.3 is 9.88 Å². The molecule has 1 aliphatic rings. The molecule has 1 N–H and O–H groups in total. The number of halogens is 1. The van der Waals surface area contributed by atoms with Crippen molar-refractivity contribution < 1.29 is 8.42 Å². The van der Waals surface area contributed by atoms with Crippen LogP contribution in [0, 0.1) is 0 Å². The van der Waals surface area contributed by atoms with Gasteiger partial charge in [0.05, 0.1) is 5.69 Å². The van der Waals surface area contributed by atoms with Crippen LogP contribution >= 0.6 is 11.6 Å². The maximum atomic E-state index is 12.1. The maximum absolute atomic E-state index is 12.1. The standard InChI is InChI=1S/C13H13ClN4O2S/c1-8(2)12-15-5-6-18(12)9-3-4-10-11(7-9)21(19,20)17-13(14)16-10/h3-8H,1-2H3,(H,16,17). The Bertz CT molecular complexity index is 840. The van der Waals surface area contributed by atoms with Crippen LogP contribution in [0.25, 0.3) is 5.69 Å². The summed E-state index contributed by atoms with van der Waals surface area (Å²) in [6.07, 6.45) is 3.49. The van der Waals surface area contributed by atoms with Crippen molar-refractivity contribution >= 4 is 32.6 Å². The van der Waals surface area contributed by atoms with Gasteiger partial charge in [-0.05, 0) is 29.8 Å². The molecular weight excluding hydrogens is 312 g/mol. The molecule has 0 radical (unpaired) electrons. The minimum absolute atomic E-state index is 0.104. The van der Waals surface area contributed by atoms with Crippen LogP contribution in [0.5, 0.6) is 0 Å². The molecular formula is C13H13ClN4O2S. The van der Waals surface area contributed by atoms with E-state index in [-0.39, 0.29) is 16.1 Å². The number of rotatable bonds is 2. The van der Waals surface area contributed by atoms with Crippen LogP contribution in [-0.2, 0) is 10.0 Å². The van der Waals surface area contributed by atoms with E-state index in [1.807, 2.05) is 24.5 Å². The van der Waals surface area contributed by atoms with Crippen molar-refractivity contribution in [1.29, 1.82) is 0 Å². The summed E-state index contributed by atoms with van der Waals surface area (Å²) in [5.41, 5.74) is 1.14. The average Bonchev–Trinajstić information content (AvgIpc) is 2.86. The van der Waals surface area contributed by atoms with Crippen molar-refractivity contribution in [2.24, 2.45) is 4.40 Å². The summed E-state index contributed by atoms with van der Waals surface area (Å²) in [7, 11) is -3.78. The minimum atomic E-state index is -3.78. The lowest BCUT2D eigenvalue weighted by molar-refractivity contribution is 0.598. The lowest BCUT2D eigenvalue weighted by Gasteiger charge is -2.17. The summed E-state index contributed by atoms with van der Waals surface area (Å²) in [4.78, 5) is 4.41. The highest BCUT2D eigenvalue weighted by Gasteiger charge is 2.25. The van der Waals surface area contributed by atoms with Gasteiger partial charge in [-0.3, -0.25) is 0 Å². The molecule has 0 atom stereocenters. The van der Waals surface area contributed by atoms with Crippen molar-refractivity contribution in [3.63, 3.8) is 0 Å². The Morgan fingerprint density at radius 1 is 1.33 bits per heavy atom. The quantitative estimate of drug-likeness (QED) is 0.862. The Hall–Kier alpha value is -1.86. The summed E-state index contributed by atoms with van der Waals surface area (Å²) >= 11 is 5.68. The van der Waals surface area contributed by atoms with E-state index in [1.165, 1.54) is 0 Å². The molecule has 3 rings (SSSR count). The molecule has 0 spiro atoms. The van der Waals surface area contributed by atoms with E-state index in [2.05, 4.69) is 14.7 Å². The predicted octanol–water partition coefficient (Wildman–Crippen LogP) is 2.70. The maximum Gasteiger partial charge on any atom is 0.287 e. The summed E-state index contributed by atoms with van der Waals surface area (Å²) in [5.74, 6) is 1.08. The molecule has 1 aliphatic heterocycles. The van der Waals surface area contributed by atoms with Crippen LogP contribution in [0.15, 0.2) is 39.9 Å². The van der Waals surface area contributed by atoms with Crippen LogP contribution in [0.3, 0.4) is 0 Å². The van der Waals surface area contributed by atoms with Crippen LogP contribution in [0.2, 0.25) is 0 Å². The van der Waals surface area contributed by atoms with Crippen molar-refractivity contribution in [3.8, 4) is 5.69 Å². The molecule has 2 heterocycles. The van der Waals surface area contributed by atoms with Gasteiger partial charge in [-0.2, -0.15) is 8.42 Å². The van der Waals surface area contributed by atoms with Crippen molar-refractivity contribution in [3.05, 3.63) is 36.4 Å². The molecule has 2 aromatic rings. The number of sulfonamides is 1. The second-order valence-electron chi connectivity index (χ2n) is 4.97. The molecule has 0 fully saturated rings. The third kappa shape index (κ3) is 2.43. The minimum Gasteiger partial charge on any atom is -0.329 e.